The van der Waals surface area contributed by atoms with Crippen molar-refractivity contribution in [1.82, 2.24) is 10.6 Å². The van der Waals surface area contributed by atoms with Crippen LogP contribution in [0.1, 0.15) is 24.9 Å². The molecule has 1 aromatic carbocycles. The number of nitrogens with one attached hydrogen (secondary N) is 2. The number of amides is 1. The summed E-state index contributed by atoms with van der Waals surface area (Å²) in [4.78, 5) is 11.9. The lowest BCUT2D eigenvalue weighted by atomic mass is 10.1. The maximum atomic E-state index is 11.9. The Hall–Kier alpha value is -1.10. The Bertz CT molecular complexity index is 422. The summed E-state index contributed by atoms with van der Waals surface area (Å²) in [5, 5.41) is 16.0. The Morgan fingerprint density at radius 3 is 2.72 bits per heavy atom. The molecule has 0 unspecified atom stereocenters. The van der Waals surface area contributed by atoms with Crippen LogP contribution in [0.4, 0.5) is 0 Å². The molecular weight excluding hydrogens is 252 g/mol. The molecule has 1 aliphatic rings. The van der Waals surface area contributed by atoms with E-state index >= 15 is 0 Å². The van der Waals surface area contributed by atoms with Crippen molar-refractivity contribution in [3.8, 4) is 0 Å². The number of carbonyl (C=O) groups is 1. The maximum Gasteiger partial charge on any atom is 0.237 e. The number of rotatable bonds is 3. The summed E-state index contributed by atoms with van der Waals surface area (Å²) in [7, 11) is 0. The molecule has 4 nitrogen and oxygen atoms in total. The van der Waals surface area contributed by atoms with Gasteiger partial charge in [0.2, 0.25) is 5.91 Å². The van der Waals surface area contributed by atoms with Crippen molar-refractivity contribution in [2.45, 2.75) is 31.5 Å². The average molecular weight is 269 g/mol. The Kier molecular flexibility index (Phi) is 4.22. The lowest BCUT2D eigenvalue weighted by Crippen LogP contribution is -2.41. The lowest BCUT2D eigenvalue weighted by Gasteiger charge is -2.17. The van der Waals surface area contributed by atoms with Crippen molar-refractivity contribution >= 4 is 17.5 Å². The van der Waals surface area contributed by atoms with E-state index in [9.17, 15) is 9.90 Å². The predicted molar refractivity (Wildman–Crippen MR) is 70.4 cm³/mol. The van der Waals surface area contributed by atoms with E-state index in [0.29, 0.717) is 18.0 Å². The van der Waals surface area contributed by atoms with E-state index in [4.69, 9.17) is 11.6 Å². The van der Waals surface area contributed by atoms with Gasteiger partial charge in [0.05, 0.1) is 18.2 Å². The summed E-state index contributed by atoms with van der Waals surface area (Å²) in [6.07, 6.45) is 0.0469. The number of carbonyl (C=O) groups excluding carboxylic acids is 1. The smallest absolute Gasteiger partial charge is 0.237 e. The van der Waals surface area contributed by atoms with Crippen molar-refractivity contribution in [2.75, 3.05) is 6.54 Å². The van der Waals surface area contributed by atoms with E-state index in [1.165, 1.54) is 0 Å². The summed E-state index contributed by atoms with van der Waals surface area (Å²) < 4.78 is 0. The second kappa shape index (κ2) is 5.69. The molecule has 3 N–H and O–H groups in total. The predicted octanol–water partition coefficient (Wildman–Crippen LogP) is 1.24. The Balaban J connectivity index is 1.92. The molecule has 0 saturated carbocycles. The number of hydrogen-bond donors (Lipinski definition) is 3. The topological polar surface area (TPSA) is 61.4 Å². The SMILES string of the molecule is C[C@H](NC(=O)[C@@H]1C[C@H](O)CN1)c1ccc(Cl)cc1. The first-order valence-corrected chi connectivity index (χ1v) is 6.41. The van der Waals surface area contributed by atoms with Gasteiger partial charge in [-0.25, -0.2) is 0 Å². The lowest BCUT2D eigenvalue weighted by molar-refractivity contribution is -0.123. The van der Waals surface area contributed by atoms with Crippen LogP contribution in [0.15, 0.2) is 24.3 Å². The summed E-state index contributed by atoms with van der Waals surface area (Å²) in [5.41, 5.74) is 1.01. The first-order valence-electron chi connectivity index (χ1n) is 6.03. The highest BCUT2D eigenvalue weighted by atomic mass is 35.5. The highest BCUT2D eigenvalue weighted by Gasteiger charge is 2.28. The van der Waals surface area contributed by atoms with Crippen molar-refractivity contribution in [2.24, 2.45) is 0 Å². The van der Waals surface area contributed by atoms with Crippen LogP contribution in [0.2, 0.25) is 5.02 Å². The largest absolute Gasteiger partial charge is 0.392 e. The van der Waals surface area contributed by atoms with Crippen LogP contribution in [-0.4, -0.2) is 29.7 Å². The highest BCUT2D eigenvalue weighted by Crippen LogP contribution is 2.16. The van der Waals surface area contributed by atoms with E-state index in [-0.39, 0.29) is 18.0 Å². The second-order valence-corrected chi connectivity index (χ2v) is 5.07. The molecule has 0 spiro atoms. The molecular formula is C13H17ClN2O2. The number of benzene rings is 1. The summed E-state index contributed by atoms with van der Waals surface area (Å²) >= 11 is 5.82. The molecule has 1 saturated heterocycles. The third kappa shape index (κ3) is 3.22. The fourth-order valence-electron chi connectivity index (χ4n) is 2.07. The molecule has 0 radical (unpaired) electrons. The van der Waals surface area contributed by atoms with Gasteiger partial charge in [-0.05, 0) is 31.0 Å². The van der Waals surface area contributed by atoms with Crippen LogP contribution in [-0.2, 0) is 4.79 Å². The van der Waals surface area contributed by atoms with Gasteiger partial charge >= 0.3 is 0 Å². The van der Waals surface area contributed by atoms with Crippen molar-refractivity contribution in [3.63, 3.8) is 0 Å². The number of β-amino-alcohol motifs (C(OH)–C–C–N with tert-alkyl or cyclic N) is 1. The molecule has 3 atom stereocenters. The van der Waals surface area contributed by atoms with E-state index < -0.39 is 6.10 Å². The number of hydrogen-bond acceptors (Lipinski definition) is 3. The molecule has 1 aliphatic heterocycles. The van der Waals surface area contributed by atoms with Gasteiger partial charge in [-0.2, -0.15) is 0 Å². The molecule has 0 aliphatic carbocycles. The number of aliphatic hydroxyl groups is 1. The van der Waals surface area contributed by atoms with Gasteiger partial charge in [0.1, 0.15) is 0 Å². The van der Waals surface area contributed by atoms with Gasteiger partial charge < -0.3 is 15.7 Å². The molecule has 5 heteroatoms. The maximum absolute atomic E-state index is 11.9. The van der Waals surface area contributed by atoms with E-state index in [2.05, 4.69) is 10.6 Å². The first-order chi connectivity index (χ1) is 8.56. The summed E-state index contributed by atoms with van der Waals surface area (Å²) in [6, 6.07) is 7.02. The molecule has 0 aromatic heterocycles. The van der Waals surface area contributed by atoms with E-state index in [1.54, 1.807) is 12.1 Å². The number of aliphatic hydroxyl groups excluding tert-OH is 1. The van der Waals surface area contributed by atoms with Gasteiger partial charge in [0.15, 0.2) is 0 Å². The quantitative estimate of drug-likeness (QED) is 0.773. The van der Waals surface area contributed by atoms with Crippen LogP contribution in [0, 0.1) is 0 Å². The fraction of sp³-hybridized carbons (Fsp3) is 0.462. The number of halogens is 1. The van der Waals surface area contributed by atoms with Crippen LogP contribution in [0.25, 0.3) is 0 Å². The molecule has 1 amide bonds. The van der Waals surface area contributed by atoms with Gasteiger partial charge in [-0.1, -0.05) is 23.7 Å². The minimum atomic E-state index is -0.424. The molecule has 18 heavy (non-hydrogen) atoms. The second-order valence-electron chi connectivity index (χ2n) is 4.63. The molecule has 1 fully saturated rings. The van der Waals surface area contributed by atoms with Gasteiger partial charge in [0.25, 0.3) is 0 Å². The third-order valence-electron chi connectivity index (χ3n) is 3.15. The van der Waals surface area contributed by atoms with Gasteiger partial charge in [-0.3, -0.25) is 4.79 Å². The van der Waals surface area contributed by atoms with Crippen molar-refractivity contribution < 1.29 is 9.90 Å². The molecule has 2 rings (SSSR count). The Morgan fingerprint density at radius 1 is 1.50 bits per heavy atom. The Labute approximate surface area is 111 Å². The zero-order valence-electron chi connectivity index (χ0n) is 10.2. The zero-order chi connectivity index (χ0) is 13.1. The van der Waals surface area contributed by atoms with Crippen molar-refractivity contribution in [3.05, 3.63) is 34.9 Å². The van der Waals surface area contributed by atoms with Crippen LogP contribution >= 0.6 is 11.6 Å². The molecule has 98 valence electrons. The average Bonchev–Trinajstić information content (AvgIpc) is 2.76. The normalized spacial score (nSPS) is 24.8. The standard InChI is InChI=1S/C13H17ClN2O2/c1-8(9-2-4-10(14)5-3-9)16-13(18)12-6-11(17)7-15-12/h2-5,8,11-12,15,17H,6-7H2,1H3,(H,16,18)/t8-,11-,12-/m0/s1. The molecule has 1 heterocycles. The van der Waals surface area contributed by atoms with Crippen LogP contribution in [0.5, 0.6) is 0 Å². The zero-order valence-corrected chi connectivity index (χ0v) is 10.9. The molecule has 0 bridgehead atoms. The first kappa shape index (κ1) is 13.3. The third-order valence-corrected chi connectivity index (χ3v) is 3.40. The van der Waals surface area contributed by atoms with Gasteiger partial charge in [0, 0.05) is 11.6 Å². The fourth-order valence-corrected chi connectivity index (χ4v) is 2.19. The minimum Gasteiger partial charge on any atom is -0.392 e. The van der Waals surface area contributed by atoms with Crippen LogP contribution in [0.3, 0.4) is 0 Å². The van der Waals surface area contributed by atoms with Crippen molar-refractivity contribution in [1.29, 1.82) is 0 Å². The summed E-state index contributed by atoms with van der Waals surface area (Å²) in [6.45, 7) is 2.40. The monoisotopic (exact) mass is 268 g/mol. The minimum absolute atomic E-state index is 0.0747. The highest BCUT2D eigenvalue weighted by molar-refractivity contribution is 6.30. The van der Waals surface area contributed by atoms with Crippen LogP contribution < -0.4 is 10.6 Å². The van der Waals surface area contributed by atoms with Gasteiger partial charge in [-0.15, -0.1) is 0 Å². The Morgan fingerprint density at radius 2 is 2.17 bits per heavy atom. The summed E-state index contributed by atoms with van der Waals surface area (Å²) in [5.74, 6) is -0.0750. The van der Waals surface area contributed by atoms with E-state index in [1.807, 2.05) is 19.1 Å². The van der Waals surface area contributed by atoms with E-state index in [0.717, 1.165) is 5.56 Å². The molecule has 1 aromatic rings.